The molecule has 0 radical (unpaired) electrons. The van der Waals surface area contributed by atoms with Crippen molar-refractivity contribution >= 4 is 10.0 Å². The molecule has 1 atom stereocenters. The number of hydrogen-bond donors (Lipinski definition) is 0. The van der Waals surface area contributed by atoms with Crippen LogP contribution in [0.15, 0.2) is 66.1 Å². The molecule has 30 heavy (non-hydrogen) atoms. The summed E-state index contributed by atoms with van der Waals surface area (Å²) in [5, 5.41) is 0. The fraction of sp³-hybridized carbons (Fsp3) is 0.391. The van der Waals surface area contributed by atoms with Crippen molar-refractivity contribution in [2.24, 2.45) is 0 Å². The van der Waals surface area contributed by atoms with Crippen LogP contribution in [0.25, 0.3) is 11.1 Å². The first kappa shape index (κ1) is 24.2. The molecule has 0 saturated carbocycles. The Hall–Kier alpha value is -2.12. The van der Waals surface area contributed by atoms with Gasteiger partial charge in [0.1, 0.15) is 0 Å². The van der Waals surface area contributed by atoms with E-state index >= 15 is 0 Å². The SMILES string of the molecule is C=CC(CCCCCC)N(C)S(=O)(=O)c1ccccc1-c1ccccc1C(F)(F)F. The monoisotopic (exact) mass is 439 g/mol. The minimum absolute atomic E-state index is 0.0334. The summed E-state index contributed by atoms with van der Waals surface area (Å²) >= 11 is 0. The van der Waals surface area contributed by atoms with E-state index < -0.39 is 27.8 Å². The minimum Gasteiger partial charge on any atom is -0.207 e. The molecule has 0 bridgehead atoms. The van der Waals surface area contributed by atoms with Crippen molar-refractivity contribution < 1.29 is 21.6 Å². The highest BCUT2D eigenvalue weighted by molar-refractivity contribution is 7.89. The highest BCUT2D eigenvalue weighted by Crippen LogP contribution is 2.39. The standard InChI is InChI=1S/C23H28F3NO2S/c1-4-6-7-8-13-18(5-2)27(3)30(28,29)22-17-12-10-15-20(22)19-14-9-11-16-21(19)23(24,25)26/h5,9-12,14-18H,2,4,6-8,13H2,1,3H3. The molecule has 0 spiro atoms. The smallest absolute Gasteiger partial charge is 0.207 e. The summed E-state index contributed by atoms with van der Waals surface area (Å²) in [7, 11) is -2.59. The van der Waals surface area contributed by atoms with Crippen LogP contribution in [0.2, 0.25) is 0 Å². The highest BCUT2D eigenvalue weighted by atomic mass is 32.2. The highest BCUT2D eigenvalue weighted by Gasteiger charge is 2.35. The maximum Gasteiger partial charge on any atom is 0.417 e. The number of hydrogen-bond acceptors (Lipinski definition) is 2. The summed E-state index contributed by atoms with van der Waals surface area (Å²) in [5.74, 6) is 0. The third-order valence-corrected chi connectivity index (χ3v) is 7.10. The second-order valence-electron chi connectivity index (χ2n) is 7.21. The maximum absolute atomic E-state index is 13.5. The van der Waals surface area contributed by atoms with Gasteiger partial charge in [0, 0.05) is 18.7 Å². The number of halogens is 3. The van der Waals surface area contributed by atoms with Gasteiger partial charge in [0.2, 0.25) is 10.0 Å². The van der Waals surface area contributed by atoms with Gasteiger partial charge < -0.3 is 0 Å². The van der Waals surface area contributed by atoms with E-state index in [0.29, 0.717) is 6.42 Å². The first-order valence-electron chi connectivity index (χ1n) is 10.0. The zero-order valence-electron chi connectivity index (χ0n) is 17.3. The van der Waals surface area contributed by atoms with Crippen LogP contribution < -0.4 is 0 Å². The maximum atomic E-state index is 13.5. The summed E-state index contributed by atoms with van der Waals surface area (Å²) in [5.41, 5.74) is -0.989. The fourth-order valence-electron chi connectivity index (χ4n) is 3.44. The summed E-state index contributed by atoms with van der Waals surface area (Å²) in [6, 6.07) is 10.4. The lowest BCUT2D eigenvalue weighted by Crippen LogP contribution is -2.36. The zero-order chi connectivity index (χ0) is 22.4. The van der Waals surface area contributed by atoms with Crippen molar-refractivity contribution in [1.82, 2.24) is 4.31 Å². The second kappa shape index (κ2) is 10.3. The molecule has 2 aromatic carbocycles. The molecular weight excluding hydrogens is 411 g/mol. The third-order valence-electron chi connectivity index (χ3n) is 5.16. The average Bonchev–Trinajstić information content (AvgIpc) is 2.73. The van der Waals surface area contributed by atoms with Crippen LogP contribution in [0.1, 0.15) is 44.6 Å². The Kier molecular flexibility index (Phi) is 8.26. The molecule has 0 aliphatic carbocycles. The van der Waals surface area contributed by atoms with Crippen LogP contribution in [-0.2, 0) is 16.2 Å². The molecule has 0 saturated heterocycles. The van der Waals surface area contributed by atoms with Crippen molar-refractivity contribution in [1.29, 1.82) is 0 Å². The van der Waals surface area contributed by atoms with E-state index in [1.807, 2.05) is 0 Å². The predicted molar refractivity (Wildman–Crippen MR) is 115 cm³/mol. The Labute approximate surface area is 177 Å². The molecule has 3 nitrogen and oxygen atoms in total. The van der Waals surface area contributed by atoms with Gasteiger partial charge in [-0.2, -0.15) is 17.5 Å². The van der Waals surface area contributed by atoms with Gasteiger partial charge in [-0.05, 0) is 24.1 Å². The first-order valence-corrected chi connectivity index (χ1v) is 11.4. The Morgan fingerprint density at radius 3 is 2.20 bits per heavy atom. The van der Waals surface area contributed by atoms with Gasteiger partial charge in [0.05, 0.1) is 10.5 Å². The lowest BCUT2D eigenvalue weighted by Gasteiger charge is -2.26. The van der Waals surface area contributed by atoms with Crippen molar-refractivity contribution in [3.8, 4) is 11.1 Å². The Morgan fingerprint density at radius 1 is 1.00 bits per heavy atom. The van der Waals surface area contributed by atoms with Gasteiger partial charge in [-0.15, -0.1) is 6.58 Å². The van der Waals surface area contributed by atoms with Crippen molar-refractivity contribution in [2.45, 2.75) is 56.1 Å². The topological polar surface area (TPSA) is 37.4 Å². The largest absolute Gasteiger partial charge is 0.417 e. The number of nitrogens with zero attached hydrogens (tertiary/aromatic N) is 1. The van der Waals surface area contributed by atoms with E-state index in [9.17, 15) is 21.6 Å². The summed E-state index contributed by atoms with van der Waals surface area (Å²) < 4.78 is 68.6. The zero-order valence-corrected chi connectivity index (χ0v) is 18.1. The van der Waals surface area contributed by atoms with Crippen molar-refractivity contribution in [3.63, 3.8) is 0 Å². The molecule has 0 fully saturated rings. The van der Waals surface area contributed by atoms with E-state index in [0.717, 1.165) is 31.7 Å². The summed E-state index contributed by atoms with van der Waals surface area (Å²) in [6.07, 6.45) is 1.57. The third kappa shape index (κ3) is 5.52. The molecule has 0 N–H and O–H groups in total. The van der Waals surface area contributed by atoms with E-state index in [1.54, 1.807) is 6.08 Å². The van der Waals surface area contributed by atoms with Gasteiger partial charge in [-0.3, -0.25) is 0 Å². The number of alkyl halides is 3. The number of sulfonamides is 1. The summed E-state index contributed by atoms with van der Waals surface area (Å²) in [6.45, 7) is 5.85. The molecule has 164 valence electrons. The van der Waals surface area contributed by atoms with Gasteiger partial charge in [-0.1, -0.05) is 75.1 Å². The van der Waals surface area contributed by atoms with Crippen LogP contribution >= 0.6 is 0 Å². The normalized spacial score (nSPS) is 13.4. The molecule has 2 rings (SSSR count). The first-order chi connectivity index (χ1) is 14.1. The molecule has 1 unspecified atom stereocenters. The molecule has 0 aliphatic heterocycles. The van der Waals surface area contributed by atoms with Crippen LogP contribution in [0.5, 0.6) is 0 Å². The molecule has 2 aromatic rings. The Balaban J connectivity index is 2.47. The molecular formula is C23H28F3NO2S. The van der Waals surface area contributed by atoms with Crippen molar-refractivity contribution in [3.05, 3.63) is 66.7 Å². The predicted octanol–water partition coefficient (Wildman–Crippen LogP) is 6.52. The van der Waals surface area contributed by atoms with E-state index in [4.69, 9.17) is 0 Å². The molecule has 0 heterocycles. The van der Waals surface area contributed by atoms with Crippen LogP contribution in [0.4, 0.5) is 13.2 Å². The van der Waals surface area contributed by atoms with Crippen LogP contribution in [-0.4, -0.2) is 25.8 Å². The number of likely N-dealkylation sites (N-methyl/N-ethyl adjacent to an activating group) is 1. The van der Waals surface area contributed by atoms with Gasteiger partial charge in [-0.25, -0.2) is 8.42 Å². The summed E-state index contributed by atoms with van der Waals surface area (Å²) in [4.78, 5) is -0.149. The van der Waals surface area contributed by atoms with Gasteiger partial charge in [0.15, 0.2) is 0 Å². The number of rotatable bonds is 10. The number of unbranched alkanes of at least 4 members (excludes halogenated alkanes) is 3. The van der Waals surface area contributed by atoms with E-state index in [2.05, 4.69) is 13.5 Å². The van der Waals surface area contributed by atoms with Crippen LogP contribution in [0, 0.1) is 0 Å². The Bertz CT molecular complexity index is 955. The van der Waals surface area contributed by atoms with Gasteiger partial charge in [0.25, 0.3) is 0 Å². The fourth-order valence-corrected chi connectivity index (χ4v) is 5.01. The molecule has 7 heteroatoms. The lowest BCUT2D eigenvalue weighted by molar-refractivity contribution is -0.137. The lowest BCUT2D eigenvalue weighted by atomic mass is 9.99. The van der Waals surface area contributed by atoms with E-state index in [1.165, 1.54) is 53.8 Å². The number of benzene rings is 2. The quantitative estimate of drug-likeness (QED) is 0.312. The second-order valence-corrected chi connectivity index (χ2v) is 9.18. The Morgan fingerprint density at radius 2 is 1.60 bits per heavy atom. The minimum atomic E-state index is -4.59. The molecule has 0 amide bonds. The van der Waals surface area contributed by atoms with E-state index in [-0.39, 0.29) is 16.0 Å². The average molecular weight is 440 g/mol. The van der Waals surface area contributed by atoms with Crippen LogP contribution in [0.3, 0.4) is 0 Å². The molecule has 0 aliphatic rings. The molecule has 0 aromatic heterocycles. The van der Waals surface area contributed by atoms with Gasteiger partial charge >= 0.3 is 6.18 Å². The van der Waals surface area contributed by atoms with Crippen molar-refractivity contribution in [2.75, 3.05) is 7.05 Å².